The van der Waals surface area contributed by atoms with Crippen LogP contribution in [0.3, 0.4) is 0 Å². The molecule has 1 unspecified atom stereocenters. The molecule has 0 aromatic heterocycles. The Morgan fingerprint density at radius 2 is 2.10 bits per heavy atom. The first kappa shape index (κ1) is 17.9. The monoisotopic (exact) mass is 354 g/mol. The molecule has 1 amide bonds. The van der Waals surface area contributed by atoms with Crippen LogP contribution in [0.5, 0.6) is 0 Å². The predicted molar refractivity (Wildman–Crippen MR) is 88.6 cm³/mol. The lowest BCUT2D eigenvalue weighted by Crippen LogP contribution is -2.45. The number of piperidine rings is 1. The van der Waals surface area contributed by atoms with E-state index in [9.17, 15) is 4.79 Å². The molecule has 1 aliphatic heterocycles. The van der Waals surface area contributed by atoms with Gasteiger partial charge in [0, 0.05) is 24.0 Å². The Labute approximate surface area is 139 Å². The largest absolute Gasteiger partial charge is 0.337 e. The Morgan fingerprint density at radius 1 is 1.40 bits per heavy atom. The zero-order valence-electron chi connectivity index (χ0n) is 11.1. The van der Waals surface area contributed by atoms with Crippen molar-refractivity contribution in [2.24, 2.45) is 5.73 Å². The first-order valence-electron chi connectivity index (χ1n) is 6.11. The van der Waals surface area contributed by atoms with Gasteiger partial charge in [0.25, 0.3) is 5.91 Å². The number of likely N-dealkylation sites (tertiary alicyclic amines) is 1. The van der Waals surface area contributed by atoms with Gasteiger partial charge in [-0.2, -0.15) is 0 Å². The lowest BCUT2D eigenvalue weighted by Gasteiger charge is -2.31. The molecule has 1 atom stereocenters. The Morgan fingerprint density at radius 3 is 2.70 bits per heavy atom. The van der Waals surface area contributed by atoms with E-state index in [4.69, 9.17) is 28.9 Å². The van der Waals surface area contributed by atoms with E-state index in [-0.39, 0.29) is 24.4 Å². The fraction of sp³-hybridized carbons (Fsp3) is 0.462. The van der Waals surface area contributed by atoms with Gasteiger partial charge in [-0.1, -0.05) is 23.2 Å². The number of nitrogens with zero attached hydrogens (tertiary/aromatic N) is 1. The molecule has 7 heteroatoms. The lowest BCUT2D eigenvalue weighted by molar-refractivity contribution is 0.0709. The molecule has 0 aliphatic carbocycles. The van der Waals surface area contributed by atoms with Gasteiger partial charge in [0.05, 0.1) is 15.6 Å². The summed E-state index contributed by atoms with van der Waals surface area (Å²) in [6.45, 7) is 1.33. The van der Waals surface area contributed by atoms with Crippen LogP contribution >= 0.6 is 47.4 Å². The zero-order chi connectivity index (χ0) is 14.0. The number of amides is 1. The van der Waals surface area contributed by atoms with Gasteiger partial charge in [-0.25, -0.2) is 0 Å². The van der Waals surface area contributed by atoms with Gasteiger partial charge < -0.3 is 10.6 Å². The topological polar surface area (TPSA) is 46.3 Å². The van der Waals surface area contributed by atoms with Crippen LogP contribution in [0.1, 0.15) is 23.2 Å². The second kappa shape index (κ2) is 7.76. The van der Waals surface area contributed by atoms with Crippen LogP contribution in [0.15, 0.2) is 17.0 Å². The summed E-state index contributed by atoms with van der Waals surface area (Å²) in [5.41, 5.74) is 6.41. The Hall–Kier alpha value is -0.130. The van der Waals surface area contributed by atoms with E-state index in [0.717, 1.165) is 24.3 Å². The molecule has 3 nitrogen and oxygen atoms in total. The second-order valence-electron chi connectivity index (χ2n) is 4.62. The van der Waals surface area contributed by atoms with E-state index in [0.29, 0.717) is 22.2 Å². The van der Waals surface area contributed by atoms with Crippen LogP contribution in [0, 0.1) is 0 Å². The Balaban J connectivity index is 0.00000200. The number of hydrogen-bond acceptors (Lipinski definition) is 3. The van der Waals surface area contributed by atoms with Crippen LogP contribution in [-0.4, -0.2) is 36.2 Å². The molecule has 0 saturated carbocycles. The SMILES string of the molecule is CSc1cc(C(=O)N2CCCC(N)C2)c(Cl)cc1Cl.Cl. The molecular weight excluding hydrogens is 339 g/mol. The molecule has 1 aromatic rings. The van der Waals surface area contributed by atoms with Gasteiger partial charge in [-0.15, -0.1) is 24.2 Å². The molecule has 1 aliphatic rings. The molecule has 20 heavy (non-hydrogen) atoms. The van der Waals surface area contributed by atoms with E-state index < -0.39 is 0 Å². The van der Waals surface area contributed by atoms with Crippen LogP contribution < -0.4 is 5.73 Å². The van der Waals surface area contributed by atoms with Gasteiger partial charge in [0.2, 0.25) is 0 Å². The number of carbonyl (C=O) groups is 1. The van der Waals surface area contributed by atoms with Crippen LogP contribution in [0.2, 0.25) is 10.0 Å². The third-order valence-electron chi connectivity index (χ3n) is 3.22. The van der Waals surface area contributed by atoms with E-state index in [1.807, 2.05) is 6.26 Å². The highest BCUT2D eigenvalue weighted by atomic mass is 35.5. The fourth-order valence-electron chi connectivity index (χ4n) is 2.21. The first-order chi connectivity index (χ1) is 9.02. The molecule has 1 saturated heterocycles. The molecule has 2 N–H and O–H groups in total. The van der Waals surface area contributed by atoms with Crippen molar-refractivity contribution in [3.8, 4) is 0 Å². The minimum atomic E-state index is -0.0629. The van der Waals surface area contributed by atoms with Gasteiger partial charge >= 0.3 is 0 Å². The minimum Gasteiger partial charge on any atom is -0.337 e. The molecule has 112 valence electrons. The van der Waals surface area contributed by atoms with Crippen molar-refractivity contribution in [3.05, 3.63) is 27.7 Å². The highest BCUT2D eigenvalue weighted by molar-refractivity contribution is 7.98. The molecular formula is C13H17Cl3N2OS. The molecule has 0 spiro atoms. The number of benzene rings is 1. The van der Waals surface area contributed by atoms with Crippen molar-refractivity contribution in [3.63, 3.8) is 0 Å². The maximum atomic E-state index is 12.5. The average molecular weight is 356 g/mol. The second-order valence-corrected chi connectivity index (χ2v) is 6.28. The van der Waals surface area contributed by atoms with Crippen LogP contribution in [0.4, 0.5) is 0 Å². The van der Waals surface area contributed by atoms with E-state index in [2.05, 4.69) is 0 Å². The molecule has 1 fully saturated rings. The van der Waals surface area contributed by atoms with Crippen LogP contribution in [-0.2, 0) is 0 Å². The van der Waals surface area contributed by atoms with Gasteiger partial charge in [0.15, 0.2) is 0 Å². The van der Waals surface area contributed by atoms with Gasteiger partial charge in [-0.3, -0.25) is 4.79 Å². The third-order valence-corrected chi connectivity index (χ3v) is 4.73. The first-order valence-corrected chi connectivity index (χ1v) is 8.09. The quantitative estimate of drug-likeness (QED) is 0.823. The maximum Gasteiger partial charge on any atom is 0.255 e. The number of nitrogens with two attached hydrogens (primary N) is 1. The summed E-state index contributed by atoms with van der Waals surface area (Å²) in [4.78, 5) is 15.1. The molecule has 1 aromatic carbocycles. The predicted octanol–water partition coefficient (Wildman–Crippen LogP) is 3.70. The minimum absolute atomic E-state index is 0. The molecule has 0 bridgehead atoms. The molecule has 2 rings (SSSR count). The van der Waals surface area contributed by atoms with Gasteiger partial charge in [-0.05, 0) is 31.2 Å². The number of thioether (sulfide) groups is 1. The summed E-state index contributed by atoms with van der Waals surface area (Å²) in [5, 5.41) is 0.969. The summed E-state index contributed by atoms with van der Waals surface area (Å²) >= 11 is 13.7. The summed E-state index contributed by atoms with van der Waals surface area (Å²) in [5.74, 6) is -0.0629. The maximum absolute atomic E-state index is 12.5. The van der Waals surface area contributed by atoms with Crippen molar-refractivity contribution in [2.75, 3.05) is 19.3 Å². The number of rotatable bonds is 2. The van der Waals surface area contributed by atoms with Crippen molar-refractivity contribution in [1.29, 1.82) is 0 Å². The lowest BCUT2D eigenvalue weighted by atomic mass is 10.1. The normalized spacial score (nSPS) is 18.6. The number of hydrogen-bond donors (Lipinski definition) is 1. The van der Waals surface area contributed by atoms with Crippen molar-refractivity contribution in [2.45, 2.75) is 23.8 Å². The van der Waals surface area contributed by atoms with Gasteiger partial charge in [0.1, 0.15) is 0 Å². The fourth-order valence-corrected chi connectivity index (χ4v) is 3.40. The van der Waals surface area contributed by atoms with E-state index in [1.54, 1.807) is 17.0 Å². The van der Waals surface area contributed by atoms with E-state index >= 15 is 0 Å². The summed E-state index contributed by atoms with van der Waals surface area (Å²) in [6.07, 6.45) is 3.82. The standard InChI is InChI=1S/C13H16Cl2N2OS.ClH/c1-19-12-5-9(10(14)6-11(12)15)13(18)17-4-2-3-8(16)7-17;/h5-6,8H,2-4,7,16H2,1H3;1H. The van der Waals surface area contributed by atoms with Crippen molar-refractivity contribution in [1.82, 2.24) is 4.90 Å². The van der Waals surface area contributed by atoms with Crippen molar-refractivity contribution >= 4 is 53.3 Å². The van der Waals surface area contributed by atoms with Crippen LogP contribution in [0.25, 0.3) is 0 Å². The zero-order valence-corrected chi connectivity index (χ0v) is 14.2. The highest BCUT2D eigenvalue weighted by Crippen LogP contribution is 2.32. The molecule has 1 heterocycles. The smallest absolute Gasteiger partial charge is 0.255 e. The summed E-state index contributed by atoms with van der Waals surface area (Å²) in [7, 11) is 0. The summed E-state index contributed by atoms with van der Waals surface area (Å²) < 4.78 is 0. The summed E-state index contributed by atoms with van der Waals surface area (Å²) in [6, 6.07) is 3.45. The number of halogens is 3. The molecule has 0 radical (unpaired) electrons. The average Bonchev–Trinajstić information content (AvgIpc) is 2.38. The Bertz CT molecular complexity index is 499. The van der Waals surface area contributed by atoms with E-state index in [1.165, 1.54) is 11.8 Å². The third kappa shape index (κ3) is 3.95. The van der Waals surface area contributed by atoms with Crippen molar-refractivity contribution < 1.29 is 4.79 Å². The Kier molecular flexibility index (Phi) is 6.95. The number of carbonyl (C=O) groups excluding carboxylic acids is 1. The highest BCUT2D eigenvalue weighted by Gasteiger charge is 2.24.